The lowest BCUT2D eigenvalue weighted by atomic mass is 9.89. The molecule has 0 amide bonds. The third-order valence-corrected chi connectivity index (χ3v) is 3.83. The molecule has 100 valence electrons. The molecule has 1 aromatic heterocycles. The van der Waals surface area contributed by atoms with Crippen molar-refractivity contribution in [1.29, 1.82) is 0 Å². The average molecular weight is 270 g/mol. The van der Waals surface area contributed by atoms with E-state index in [1.165, 1.54) is 38.4 Å². The molecule has 1 fully saturated rings. The summed E-state index contributed by atoms with van der Waals surface area (Å²) in [5.74, 6) is 2.10. The van der Waals surface area contributed by atoms with Gasteiger partial charge in [0, 0.05) is 13.6 Å². The Morgan fingerprint density at radius 2 is 2.06 bits per heavy atom. The molecule has 0 radical (unpaired) electrons. The van der Waals surface area contributed by atoms with Crippen LogP contribution in [0.15, 0.2) is 6.33 Å². The van der Waals surface area contributed by atoms with Gasteiger partial charge in [0.1, 0.15) is 6.33 Å². The first-order valence-corrected chi connectivity index (χ1v) is 6.85. The van der Waals surface area contributed by atoms with E-state index >= 15 is 0 Å². The summed E-state index contributed by atoms with van der Waals surface area (Å²) in [5.41, 5.74) is 0. The Morgan fingerprint density at radius 1 is 1.33 bits per heavy atom. The standard InChI is InChI=1S/C13H20ClN3O/c1-17(8-10-6-4-3-5-7-10)13-11(18-2)12(14)15-9-16-13/h9-10H,3-8H2,1-2H3. The Labute approximate surface area is 113 Å². The van der Waals surface area contributed by atoms with Gasteiger partial charge in [0.2, 0.25) is 0 Å². The molecule has 18 heavy (non-hydrogen) atoms. The first-order chi connectivity index (χ1) is 8.72. The van der Waals surface area contributed by atoms with Crippen molar-refractivity contribution < 1.29 is 4.74 Å². The van der Waals surface area contributed by atoms with E-state index in [9.17, 15) is 0 Å². The molecule has 1 aliphatic rings. The Balaban J connectivity index is 2.07. The minimum Gasteiger partial charge on any atom is -0.490 e. The van der Waals surface area contributed by atoms with E-state index in [-0.39, 0.29) is 0 Å². The summed E-state index contributed by atoms with van der Waals surface area (Å²) in [6.45, 7) is 1.00. The molecule has 5 heteroatoms. The fraction of sp³-hybridized carbons (Fsp3) is 0.692. The van der Waals surface area contributed by atoms with Crippen molar-refractivity contribution in [1.82, 2.24) is 9.97 Å². The van der Waals surface area contributed by atoms with Gasteiger partial charge in [-0.1, -0.05) is 30.9 Å². The normalized spacial score (nSPS) is 16.6. The molecule has 0 spiro atoms. The lowest BCUT2D eigenvalue weighted by Gasteiger charge is -2.28. The summed E-state index contributed by atoms with van der Waals surface area (Å²) in [7, 11) is 3.64. The molecule has 1 saturated carbocycles. The maximum absolute atomic E-state index is 6.01. The highest BCUT2D eigenvalue weighted by Crippen LogP contribution is 2.32. The Kier molecular flexibility index (Phi) is 4.64. The highest BCUT2D eigenvalue weighted by molar-refractivity contribution is 6.31. The summed E-state index contributed by atoms with van der Waals surface area (Å²) < 4.78 is 5.29. The Hall–Kier alpha value is -1.03. The van der Waals surface area contributed by atoms with Crippen molar-refractivity contribution in [2.24, 2.45) is 5.92 Å². The van der Waals surface area contributed by atoms with Crippen LogP contribution in [0.2, 0.25) is 5.15 Å². The lowest BCUT2D eigenvalue weighted by molar-refractivity contribution is 0.359. The van der Waals surface area contributed by atoms with Gasteiger partial charge in [-0.15, -0.1) is 0 Å². The van der Waals surface area contributed by atoms with Crippen molar-refractivity contribution in [3.05, 3.63) is 11.5 Å². The minimum absolute atomic E-state index is 0.373. The van der Waals surface area contributed by atoms with Crippen LogP contribution in [-0.4, -0.2) is 30.7 Å². The average Bonchev–Trinajstić information content (AvgIpc) is 2.39. The van der Waals surface area contributed by atoms with E-state index in [2.05, 4.69) is 14.9 Å². The van der Waals surface area contributed by atoms with E-state index in [1.807, 2.05) is 7.05 Å². The molecule has 1 heterocycles. The van der Waals surface area contributed by atoms with Crippen LogP contribution < -0.4 is 9.64 Å². The first-order valence-electron chi connectivity index (χ1n) is 6.48. The summed E-state index contributed by atoms with van der Waals surface area (Å²) in [6, 6.07) is 0. The van der Waals surface area contributed by atoms with E-state index in [4.69, 9.17) is 16.3 Å². The van der Waals surface area contributed by atoms with Gasteiger partial charge in [-0.05, 0) is 18.8 Å². The van der Waals surface area contributed by atoms with Crippen LogP contribution in [0.1, 0.15) is 32.1 Å². The third-order valence-electron chi connectivity index (χ3n) is 3.56. The SMILES string of the molecule is COc1c(Cl)ncnc1N(C)CC1CCCCC1. The fourth-order valence-corrected chi connectivity index (χ4v) is 2.84. The lowest BCUT2D eigenvalue weighted by Crippen LogP contribution is -2.28. The third kappa shape index (κ3) is 3.05. The van der Waals surface area contributed by atoms with E-state index < -0.39 is 0 Å². The second-order valence-corrected chi connectivity index (χ2v) is 5.26. The number of ether oxygens (including phenoxy) is 1. The van der Waals surface area contributed by atoms with Gasteiger partial charge in [0.05, 0.1) is 7.11 Å². The van der Waals surface area contributed by atoms with Crippen LogP contribution >= 0.6 is 11.6 Å². The molecule has 2 rings (SSSR count). The fourth-order valence-electron chi connectivity index (χ4n) is 2.63. The quantitative estimate of drug-likeness (QED) is 0.787. The Bertz CT molecular complexity index is 394. The molecule has 0 bridgehead atoms. The molecular weight excluding hydrogens is 250 g/mol. The number of anilines is 1. The molecule has 1 aliphatic carbocycles. The van der Waals surface area contributed by atoms with Gasteiger partial charge in [0.25, 0.3) is 0 Å². The zero-order valence-electron chi connectivity index (χ0n) is 11.0. The number of rotatable bonds is 4. The van der Waals surface area contributed by atoms with Gasteiger partial charge in [-0.3, -0.25) is 0 Å². The molecule has 0 aliphatic heterocycles. The molecular formula is C13H20ClN3O. The van der Waals surface area contributed by atoms with Crippen LogP contribution in [0.25, 0.3) is 0 Å². The largest absolute Gasteiger partial charge is 0.490 e. The van der Waals surface area contributed by atoms with Crippen LogP contribution in [0.4, 0.5) is 5.82 Å². The second-order valence-electron chi connectivity index (χ2n) is 4.91. The second kappa shape index (κ2) is 6.23. The molecule has 0 saturated heterocycles. The van der Waals surface area contributed by atoms with Gasteiger partial charge in [-0.2, -0.15) is 0 Å². The Morgan fingerprint density at radius 3 is 2.72 bits per heavy atom. The highest BCUT2D eigenvalue weighted by Gasteiger charge is 2.19. The zero-order valence-corrected chi connectivity index (χ0v) is 11.8. The number of aromatic nitrogens is 2. The number of nitrogens with zero attached hydrogens (tertiary/aromatic N) is 3. The molecule has 0 unspecified atom stereocenters. The van der Waals surface area contributed by atoms with Gasteiger partial charge >= 0.3 is 0 Å². The van der Waals surface area contributed by atoms with E-state index in [0.29, 0.717) is 10.9 Å². The van der Waals surface area contributed by atoms with E-state index in [0.717, 1.165) is 18.3 Å². The summed E-state index contributed by atoms with van der Waals surface area (Å²) >= 11 is 6.01. The topological polar surface area (TPSA) is 38.3 Å². The predicted octanol–water partition coefficient (Wildman–Crippen LogP) is 3.16. The summed E-state index contributed by atoms with van der Waals surface area (Å²) in [4.78, 5) is 10.4. The van der Waals surface area contributed by atoms with Crippen LogP contribution in [0.5, 0.6) is 5.75 Å². The number of halogens is 1. The van der Waals surface area contributed by atoms with Crippen molar-refractivity contribution >= 4 is 17.4 Å². The minimum atomic E-state index is 0.373. The van der Waals surface area contributed by atoms with Crippen molar-refractivity contribution in [2.45, 2.75) is 32.1 Å². The predicted molar refractivity (Wildman–Crippen MR) is 73.4 cm³/mol. The smallest absolute Gasteiger partial charge is 0.199 e. The zero-order chi connectivity index (χ0) is 13.0. The maximum Gasteiger partial charge on any atom is 0.199 e. The van der Waals surface area contributed by atoms with Crippen molar-refractivity contribution in [2.75, 3.05) is 25.6 Å². The van der Waals surface area contributed by atoms with Gasteiger partial charge in [-0.25, -0.2) is 9.97 Å². The molecule has 0 aromatic carbocycles. The van der Waals surface area contributed by atoms with Crippen molar-refractivity contribution in [3.63, 3.8) is 0 Å². The number of methoxy groups -OCH3 is 1. The molecule has 4 nitrogen and oxygen atoms in total. The number of hydrogen-bond donors (Lipinski definition) is 0. The van der Waals surface area contributed by atoms with Crippen LogP contribution in [0.3, 0.4) is 0 Å². The maximum atomic E-state index is 6.01. The summed E-state index contributed by atoms with van der Waals surface area (Å²) in [6.07, 6.45) is 8.18. The summed E-state index contributed by atoms with van der Waals surface area (Å²) in [5, 5.41) is 0.373. The molecule has 0 N–H and O–H groups in total. The number of hydrogen-bond acceptors (Lipinski definition) is 4. The van der Waals surface area contributed by atoms with Gasteiger partial charge < -0.3 is 9.64 Å². The van der Waals surface area contributed by atoms with Crippen LogP contribution in [-0.2, 0) is 0 Å². The highest BCUT2D eigenvalue weighted by atomic mass is 35.5. The molecule has 0 atom stereocenters. The van der Waals surface area contributed by atoms with Crippen LogP contribution in [0, 0.1) is 5.92 Å². The molecule has 1 aromatic rings. The van der Waals surface area contributed by atoms with E-state index in [1.54, 1.807) is 7.11 Å². The monoisotopic (exact) mass is 269 g/mol. The first kappa shape index (κ1) is 13.4. The van der Waals surface area contributed by atoms with Gasteiger partial charge in [0.15, 0.2) is 16.7 Å². The van der Waals surface area contributed by atoms with Crippen molar-refractivity contribution in [3.8, 4) is 5.75 Å².